The van der Waals surface area contributed by atoms with Gasteiger partial charge in [-0.05, 0) is 19.4 Å². The quantitative estimate of drug-likeness (QED) is 0.827. The maximum atomic E-state index is 14.6. The molecule has 3 heterocycles. The van der Waals surface area contributed by atoms with Crippen molar-refractivity contribution in [1.82, 2.24) is 14.3 Å². The summed E-state index contributed by atoms with van der Waals surface area (Å²) in [6.45, 7) is 1.75. The SMILES string of the molecule is CCS(=O)(=O)N1CCC(F)(F)C2(CCN(c3ncccn3)C2)C1. The number of aromatic nitrogens is 2. The van der Waals surface area contributed by atoms with Gasteiger partial charge in [0.05, 0.1) is 11.2 Å². The van der Waals surface area contributed by atoms with E-state index in [2.05, 4.69) is 9.97 Å². The molecule has 3 rings (SSSR count). The fourth-order valence-corrected chi connectivity index (χ4v) is 4.59. The van der Waals surface area contributed by atoms with Crippen LogP contribution < -0.4 is 4.90 Å². The zero-order chi connectivity index (χ0) is 16.7. The molecule has 2 aliphatic rings. The third-order valence-corrected chi connectivity index (χ3v) is 6.71. The molecule has 2 fully saturated rings. The molecule has 128 valence electrons. The van der Waals surface area contributed by atoms with Crippen LogP contribution in [0, 0.1) is 5.41 Å². The second-order valence-corrected chi connectivity index (χ2v) is 8.45. The number of anilines is 1. The summed E-state index contributed by atoms with van der Waals surface area (Å²) in [5, 5.41) is 0. The number of halogens is 2. The van der Waals surface area contributed by atoms with Gasteiger partial charge in [-0.2, -0.15) is 0 Å². The normalized spacial score (nSPS) is 28.4. The second-order valence-electron chi connectivity index (χ2n) is 6.19. The van der Waals surface area contributed by atoms with E-state index >= 15 is 0 Å². The zero-order valence-electron chi connectivity index (χ0n) is 13.0. The standard InChI is InChI=1S/C14H20F2N4O2S/c1-2-23(21,22)20-9-5-14(15,16)13(11-20)4-8-19(10-13)12-17-6-3-7-18-12/h3,6-7H,2,4-5,8-11H2,1H3. The molecule has 1 atom stereocenters. The van der Waals surface area contributed by atoms with Gasteiger partial charge in [-0.25, -0.2) is 31.5 Å². The van der Waals surface area contributed by atoms with Crippen LogP contribution in [0.2, 0.25) is 0 Å². The Bertz CT molecular complexity index is 671. The third-order valence-electron chi connectivity index (χ3n) is 4.88. The molecule has 0 bridgehead atoms. The lowest BCUT2D eigenvalue weighted by molar-refractivity contribution is -0.145. The summed E-state index contributed by atoms with van der Waals surface area (Å²) in [6.07, 6.45) is 2.93. The fourth-order valence-electron chi connectivity index (χ4n) is 3.41. The van der Waals surface area contributed by atoms with Gasteiger partial charge in [0.1, 0.15) is 0 Å². The van der Waals surface area contributed by atoms with E-state index in [0.717, 1.165) is 0 Å². The molecule has 0 N–H and O–H groups in total. The fraction of sp³-hybridized carbons (Fsp3) is 0.714. The van der Waals surface area contributed by atoms with E-state index in [1.165, 1.54) is 11.2 Å². The van der Waals surface area contributed by atoms with Crippen LogP contribution in [0.3, 0.4) is 0 Å². The summed E-state index contributed by atoms with van der Waals surface area (Å²) >= 11 is 0. The Labute approximate surface area is 134 Å². The number of hydrogen-bond acceptors (Lipinski definition) is 5. The first kappa shape index (κ1) is 16.5. The van der Waals surface area contributed by atoms with Crippen molar-refractivity contribution >= 4 is 16.0 Å². The molecule has 0 amide bonds. The molecule has 1 aromatic heterocycles. The molecule has 1 spiro atoms. The summed E-state index contributed by atoms with van der Waals surface area (Å²) in [4.78, 5) is 9.94. The molecule has 1 aromatic rings. The van der Waals surface area contributed by atoms with Crippen molar-refractivity contribution in [3.05, 3.63) is 18.5 Å². The van der Waals surface area contributed by atoms with Crippen LogP contribution in [0.5, 0.6) is 0 Å². The summed E-state index contributed by atoms with van der Waals surface area (Å²) in [7, 11) is -3.47. The highest BCUT2D eigenvalue weighted by Crippen LogP contribution is 2.50. The van der Waals surface area contributed by atoms with E-state index in [1.807, 2.05) is 0 Å². The Kier molecular flexibility index (Phi) is 4.04. The molecule has 0 saturated carbocycles. The predicted molar refractivity (Wildman–Crippen MR) is 81.9 cm³/mol. The Morgan fingerprint density at radius 1 is 1.17 bits per heavy atom. The molecule has 0 aliphatic carbocycles. The highest BCUT2D eigenvalue weighted by atomic mass is 32.2. The summed E-state index contributed by atoms with van der Waals surface area (Å²) in [5.74, 6) is -2.55. The van der Waals surface area contributed by atoms with Crippen molar-refractivity contribution in [2.24, 2.45) is 5.41 Å². The van der Waals surface area contributed by atoms with Gasteiger partial charge >= 0.3 is 0 Å². The largest absolute Gasteiger partial charge is 0.340 e. The minimum absolute atomic E-state index is 0.0692. The van der Waals surface area contributed by atoms with Crippen molar-refractivity contribution in [3.63, 3.8) is 0 Å². The topological polar surface area (TPSA) is 66.4 Å². The number of rotatable bonds is 3. The van der Waals surface area contributed by atoms with Crippen molar-refractivity contribution in [1.29, 1.82) is 0 Å². The van der Waals surface area contributed by atoms with Crippen molar-refractivity contribution < 1.29 is 17.2 Å². The van der Waals surface area contributed by atoms with Gasteiger partial charge in [0.15, 0.2) is 0 Å². The van der Waals surface area contributed by atoms with E-state index in [0.29, 0.717) is 12.5 Å². The molecule has 6 nitrogen and oxygen atoms in total. The smallest absolute Gasteiger partial charge is 0.257 e. The summed E-state index contributed by atoms with van der Waals surface area (Å²) < 4.78 is 54.7. The van der Waals surface area contributed by atoms with E-state index in [9.17, 15) is 17.2 Å². The molecule has 2 aliphatic heterocycles. The minimum Gasteiger partial charge on any atom is -0.340 e. The van der Waals surface area contributed by atoms with Gasteiger partial charge in [-0.3, -0.25) is 0 Å². The number of alkyl halides is 2. The van der Waals surface area contributed by atoms with Crippen molar-refractivity contribution in [2.45, 2.75) is 25.7 Å². The second kappa shape index (κ2) is 5.62. The molecule has 1 unspecified atom stereocenters. The lowest BCUT2D eigenvalue weighted by Gasteiger charge is -2.45. The maximum absolute atomic E-state index is 14.6. The lowest BCUT2D eigenvalue weighted by atomic mass is 9.76. The van der Waals surface area contributed by atoms with Crippen LogP contribution in [-0.2, 0) is 10.0 Å². The van der Waals surface area contributed by atoms with E-state index in [1.54, 1.807) is 23.4 Å². The molecule has 9 heteroatoms. The third kappa shape index (κ3) is 2.80. The van der Waals surface area contributed by atoms with Crippen LogP contribution >= 0.6 is 0 Å². The zero-order valence-corrected chi connectivity index (χ0v) is 13.8. The Morgan fingerprint density at radius 3 is 2.52 bits per heavy atom. The van der Waals surface area contributed by atoms with E-state index in [-0.39, 0.29) is 31.8 Å². The molecule has 23 heavy (non-hydrogen) atoms. The molecule has 2 saturated heterocycles. The first-order valence-corrected chi connectivity index (χ1v) is 9.28. The van der Waals surface area contributed by atoms with Crippen LogP contribution in [-0.4, -0.2) is 60.5 Å². The van der Waals surface area contributed by atoms with Gasteiger partial charge < -0.3 is 4.90 Å². The Balaban J connectivity index is 1.86. The van der Waals surface area contributed by atoms with E-state index < -0.39 is 27.8 Å². The van der Waals surface area contributed by atoms with Crippen LogP contribution in [0.25, 0.3) is 0 Å². The average molecular weight is 346 g/mol. The van der Waals surface area contributed by atoms with Gasteiger partial charge in [-0.1, -0.05) is 0 Å². The Morgan fingerprint density at radius 2 is 1.87 bits per heavy atom. The average Bonchev–Trinajstić information content (AvgIpc) is 2.97. The van der Waals surface area contributed by atoms with Crippen molar-refractivity contribution in [3.8, 4) is 0 Å². The number of hydrogen-bond donors (Lipinski definition) is 0. The van der Waals surface area contributed by atoms with E-state index in [4.69, 9.17) is 0 Å². The van der Waals surface area contributed by atoms with Crippen molar-refractivity contribution in [2.75, 3.05) is 36.8 Å². The first-order chi connectivity index (χ1) is 10.8. The number of piperidine rings is 1. The number of nitrogens with zero attached hydrogens (tertiary/aromatic N) is 4. The van der Waals surface area contributed by atoms with Gasteiger partial charge in [0, 0.05) is 45.0 Å². The molecular formula is C14H20F2N4O2S. The summed E-state index contributed by atoms with van der Waals surface area (Å²) in [6, 6.07) is 1.67. The van der Waals surface area contributed by atoms with Gasteiger partial charge in [0.25, 0.3) is 5.92 Å². The van der Waals surface area contributed by atoms with Gasteiger partial charge in [-0.15, -0.1) is 0 Å². The lowest BCUT2D eigenvalue weighted by Crippen LogP contribution is -2.58. The first-order valence-electron chi connectivity index (χ1n) is 7.67. The molecule has 0 aromatic carbocycles. The van der Waals surface area contributed by atoms with Gasteiger partial charge in [0.2, 0.25) is 16.0 Å². The minimum atomic E-state index is -3.47. The predicted octanol–water partition coefficient (Wildman–Crippen LogP) is 1.36. The Hall–Kier alpha value is -1.35. The summed E-state index contributed by atoms with van der Waals surface area (Å²) in [5.41, 5.74) is -1.37. The van der Waals surface area contributed by atoms with Crippen LogP contribution in [0.4, 0.5) is 14.7 Å². The van der Waals surface area contributed by atoms with Crippen LogP contribution in [0.15, 0.2) is 18.5 Å². The highest BCUT2D eigenvalue weighted by molar-refractivity contribution is 7.89. The maximum Gasteiger partial charge on any atom is 0.257 e. The van der Waals surface area contributed by atoms with Crippen LogP contribution in [0.1, 0.15) is 19.8 Å². The molecular weight excluding hydrogens is 326 g/mol. The molecule has 0 radical (unpaired) electrons. The monoisotopic (exact) mass is 346 g/mol. The highest BCUT2D eigenvalue weighted by Gasteiger charge is 2.60. The number of sulfonamides is 1.